The number of hydrogen-bond acceptors (Lipinski definition) is 3. The molecule has 1 aromatic rings. The molecule has 0 heterocycles. The maximum Gasteiger partial charge on any atom is 0.123 e. The van der Waals surface area contributed by atoms with Gasteiger partial charge in [0.05, 0.1) is 6.61 Å². The minimum absolute atomic E-state index is 0.195. The van der Waals surface area contributed by atoms with Gasteiger partial charge in [0.15, 0.2) is 0 Å². The van der Waals surface area contributed by atoms with Crippen molar-refractivity contribution in [3.05, 3.63) is 29.6 Å². The summed E-state index contributed by atoms with van der Waals surface area (Å²) in [6.07, 6.45) is 0. The molecule has 3 nitrogen and oxygen atoms in total. The van der Waals surface area contributed by atoms with Crippen molar-refractivity contribution in [3.63, 3.8) is 0 Å². The number of likely N-dealkylation sites (N-methyl/N-ethyl adjacent to an activating group) is 1. The molecule has 1 aromatic carbocycles. The van der Waals surface area contributed by atoms with Crippen LogP contribution in [0.3, 0.4) is 0 Å². The summed E-state index contributed by atoms with van der Waals surface area (Å²) >= 11 is 0. The largest absolute Gasteiger partial charge is 0.383 e. The Morgan fingerprint density at radius 2 is 2.06 bits per heavy atom. The van der Waals surface area contributed by atoms with E-state index in [1.165, 1.54) is 12.1 Å². The first kappa shape index (κ1) is 14.9. The number of hydrogen-bond donors (Lipinski definition) is 1. The third kappa shape index (κ3) is 3.43. The second kappa shape index (κ2) is 6.71. The zero-order valence-corrected chi connectivity index (χ0v) is 11.6. The first-order chi connectivity index (χ1) is 8.51. The van der Waals surface area contributed by atoms with E-state index in [9.17, 15) is 4.39 Å². The Bertz CT molecular complexity index is 382. The van der Waals surface area contributed by atoms with Crippen LogP contribution in [0.2, 0.25) is 0 Å². The van der Waals surface area contributed by atoms with E-state index in [0.29, 0.717) is 6.61 Å². The van der Waals surface area contributed by atoms with Crippen LogP contribution in [0.25, 0.3) is 0 Å². The van der Waals surface area contributed by atoms with Gasteiger partial charge in [-0.25, -0.2) is 4.39 Å². The Labute approximate surface area is 109 Å². The smallest absolute Gasteiger partial charge is 0.123 e. The highest BCUT2D eigenvalue weighted by Gasteiger charge is 2.18. The van der Waals surface area contributed by atoms with Gasteiger partial charge in [0.25, 0.3) is 0 Å². The van der Waals surface area contributed by atoms with E-state index in [4.69, 9.17) is 10.5 Å². The minimum Gasteiger partial charge on any atom is -0.383 e. The van der Waals surface area contributed by atoms with Crippen LogP contribution in [-0.4, -0.2) is 26.3 Å². The Morgan fingerprint density at radius 3 is 2.56 bits per heavy atom. The minimum atomic E-state index is -0.249. The number of benzene rings is 1. The molecule has 0 bridgehead atoms. The van der Waals surface area contributed by atoms with Crippen molar-refractivity contribution in [2.24, 2.45) is 5.73 Å². The lowest BCUT2D eigenvalue weighted by Crippen LogP contribution is -2.37. The Balaban J connectivity index is 3.12. The SMILES string of the molecule is CCN(c1ccc(F)cc1[C@@H](C)N)C(C)COC. The molecule has 2 N–H and O–H groups in total. The van der Waals surface area contributed by atoms with E-state index >= 15 is 0 Å². The summed E-state index contributed by atoms with van der Waals surface area (Å²) in [5.74, 6) is -0.249. The maximum absolute atomic E-state index is 13.3. The van der Waals surface area contributed by atoms with Gasteiger partial charge >= 0.3 is 0 Å². The number of rotatable bonds is 6. The number of nitrogens with two attached hydrogens (primary N) is 1. The standard InChI is InChI=1S/C14H23FN2O/c1-5-17(10(2)9-18-4)14-7-6-12(15)8-13(14)11(3)16/h6-8,10-11H,5,9,16H2,1-4H3/t10?,11-/m1/s1. The van der Waals surface area contributed by atoms with Gasteiger partial charge < -0.3 is 15.4 Å². The molecule has 102 valence electrons. The highest BCUT2D eigenvalue weighted by Crippen LogP contribution is 2.27. The fourth-order valence-electron chi connectivity index (χ4n) is 2.20. The summed E-state index contributed by atoms with van der Waals surface area (Å²) < 4.78 is 18.5. The monoisotopic (exact) mass is 254 g/mol. The van der Waals surface area contributed by atoms with E-state index in [2.05, 4.69) is 18.7 Å². The molecule has 0 aromatic heterocycles. The van der Waals surface area contributed by atoms with E-state index < -0.39 is 0 Å². The molecular weight excluding hydrogens is 231 g/mol. The highest BCUT2D eigenvalue weighted by molar-refractivity contribution is 5.55. The topological polar surface area (TPSA) is 38.5 Å². The van der Waals surface area contributed by atoms with Crippen LogP contribution in [0.5, 0.6) is 0 Å². The summed E-state index contributed by atoms with van der Waals surface area (Å²) in [6.45, 7) is 7.48. The summed E-state index contributed by atoms with van der Waals surface area (Å²) in [7, 11) is 1.68. The van der Waals surface area contributed by atoms with Gasteiger partial charge in [-0.2, -0.15) is 0 Å². The molecule has 2 atom stereocenters. The van der Waals surface area contributed by atoms with Gasteiger partial charge in [0.2, 0.25) is 0 Å². The lowest BCUT2D eigenvalue weighted by molar-refractivity contribution is 0.182. The van der Waals surface area contributed by atoms with Crippen LogP contribution < -0.4 is 10.6 Å². The summed E-state index contributed by atoms with van der Waals surface area (Å²) in [5.41, 5.74) is 7.74. The second-order valence-corrected chi connectivity index (χ2v) is 4.58. The lowest BCUT2D eigenvalue weighted by Gasteiger charge is -2.32. The van der Waals surface area contributed by atoms with Gasteiger partial charge in [-0.15, -0.1) is 0 Å². The van der Waals surface area contributed by atoms with Crippen molar-refractivity contribution in [1.82, 2.24) is 0 Å². The predicted molar refractivity (Wildman–Crippen MR) is 73.4 cm³/mol. The quantitative estimate of drug-likeness (QED) is 0.848. The molecule has 0 radical (unpaired) electrons. The van der Waals surface area contributed by atoms with Crippen molar-refractivity contribution in [2.75, 3.05) is 25.2 Å². The van der Waals surface area contributed by atoms with E-state index in [1.807, 2.05) is 6.92 Å². The van der Waals surface area contributed by atoms with Crippen LogP contribution in [0.1, 0.15) is 32.4 Å². The van der Waals surface area contributed by atoms with E-state index in [0.717, 1.165) is 17.8 Å². The van der Waals surface area contributed by atoms with Gasteiger partial charge in [0.1, 0.15) is 5.82 Å². The van der Waals surface area contributed by atoms with Crippen molar-refractivity contribution >= 4 is 5.69 Å². The first-order valence-electron chi connectivity index (χ1n) is 6.31. The third-order valence-corrected chi connectivity index (χ3v) is 3.07. The molecule has 0 aliphatic heterocycles. The molecule has 4 heteroatoms. The highest BCUT2D eigenvalue weighted by atomic mass is 19.1. The first-order valence-corrected chi connectivity index (χ1v) is 6.31. The average Bonchev–Trinajstić information content (AvgIpc) is 2.32. The summed E-state index contributed by atoms with van der Waals surface area (Å²) in [5, 5.41) is 0. The molecule has 0 aliphatic carbocycles. The number of halogens is 1. The van der Waals surface area contributed by atoms with Gasteiger partial charge in [-0.1, -0.05) is 0 Å². The number of methoxy groups -OCH3 is 1. The molecule has 0 aliphatic rings. The third-order valence-electron chi connectivity index (χ3n) is 3.07. The Morgan fingerprint density at radius 1 is 1.39 bits per heavy atom. The lowest BCUT2D eigenvalue weighted by atomic mass is 10.0. The van der Waals surface area contributed by atoms with Crippen LogP contribution in [0, 0.1) is 5.82 Å². The zero-order chi connectivity index (χ0) is 13.7. The maximum atomic E-state index is 13.3. The second-order valence-electron chi connectivity index (χ2n) is 4.58. The van der Waals surface area contributed by atoms with Crippen molar-refractivity contribution in [3.8, 4) is 0 Å². The molecule has 1 rings (SSSR count). The number of nitrogens with zero attached hydrogens (tertiary/aromatic N) is 1. The number of anilines is 1. The zero-order valence-electron chi connectivity index (χ0n) is 11.6. The van der Waals surface area contributed by atoms with Crippen molar-refractivity contribution < 1.29 is 9.13 Å². The molecule has 1 unspecified atom stereocenters. The number of ether oxygens (including phenoxy) is 1. The fourth-order valence-corrected chi connectivity index (χ4v) is 2.20. The Kier molecular flexibility index (Phi) is 5.56. The van der Waals surface area contributed by atoms with Gasteiger partial charge in [0, 0.05) is 31.4 Å². The summed E-state index contributed by atoms with van der Waals surface area (Å²) in [6, 6.07) is 4.82. The fraction of sp³-hybridized carbons (Fsp3) is 0.571. The molecule has 0 amide bonds. The molecule has 0 fully saturated rings. The van der Waals surface area contributed by atoms with Crippen LogP contribution in [0.15, 0.2) is 18.2 Å². The van der Waals surface area contributed by atoms with Crippen molar-refractivity contribution in [2.45, 2.75) is 32.9 Å². The molecular formula is C14H23FN2O. The molecule has 0 saturated carbocycles. The molecule has 0 spiro atoms. The van der Waals surface area contributed by atoms with E-state index in [1.54, 1.807) is 13.2 Å². The van der Waals surface area contributed by atoms with Crippen molar-refractivity contribution in [1.29, 1.82) is 0 Å². The van der Waals surface area contributed by atoms with Gasteiger partial charge in [-0.3, -0.25) is 0 Å². The average molecular weight is 254 g/mol. The van der Waals surface area contributed by atoms with E-state index in [-0.39, 0.29) is 17.9 Å². The van der Waals surface area contributed by atoms with Crippen LogP contribution in [-0.2, 0) is 4.74 Å². The Hall–Kier alpha value is -1.13. The van der Waals surface area contributed by atoms with Crippen LogP contribution in [0.4, 0.5) is 10.1 Å². The molecule has 0 saturated heterocycles. The normalized spacial score (nSPS) is 14.3. The predicted octanol–water partition coefficient (Wildman–Crippen LogP) is 2.71. The van der Waals surface area contributed by atoms with Crippen LogP contribution >= 0.6 is 0 Å². The molecule has 18 heavy (non-hydrogen) atoms. The summed E-state index contributed by atoms with van der Waals surface area (Å²) in [4.78, 5) is 2.18. The van der Waals surface area contributed by atoms with Gasteiger partial charge in [-0.05, 0) is 44.5 Å².